The van der Waals surface area contributed by atoms with Gasteiger partial charge in [-0.05, 0) is 40.2 Å². The van der Waals surface area contributed by atoms with E-state index in [-0.39, 0.29) is 60.4 Å². The highest BCUT2D eigenvalue weighted by atomic mass is 127. The topological polar surface area (TPSA) is 133 Å². The first-order chi connectivity index (χ1) is 13.5. The molecule has 2 heterocycles. The molecule has 1 aromatic heterocycles. The molecule has 11 heteroatoms. The predicted octanol–water partition coefficient (Wildman–Crippen LogP) is 0.970. The van der Waals surface area contributed by atoms with Gasteiger partial charge in [0.15, 0.2) is 15.8 Å². The van der Waals surface area contributed by atoms with E-state index in [1.54, 1.807) is 19.9 Å². The van der Waals surface area contributed by atoms with Crippen molar-refractivity contribution in [3.05, 3.63) is 23.2 Å². The highest BCUT2D eigenvalue weighted by molar-refractivity contribution is 14.0. The summed E-state index contributed by atoms with van der Waals surface area (Å²) < 4.78 is 28.4. The summed E-state index contributed by atoms with van der Waals surface area (Å²) in [5, 5.41) is 19.7. The number of sulfone groups is 1. The summed E-state index contributed by atoms with van der Waals surface area (Å²) >= 11 is 0. The van der Waals surface area contributed by atoms with Crippen LogP contribution in [-0.4, -0.2) is 62.6 Å². The number of furan rings is 1. The van der Waals surface area contributed by atoms with E-state index in [2.05, 4.69) is 20.9 Å². The largest absolute Gasteiger partial charge is 0.466 e. The number of amides is 1. The van der Waals surface area contributed by atoms with Crippen LogP contribution in [0.15, 0.2) is 15.5 Å². The Balaban J connectivity index is 0.00000450. The van der Waals surface area contributed by atoms with Crippen molar-refractivity contribution in [3.8, 4) is 0 Å². The molecule has 1 fully saturated rings. The first kappa shape index (κ1) is 26.7. The second-order valence-corrected chi connectivity index (χ2v) is 9.87. The van der Waals surface area contributed by atoms with Gasteiger partial charge in [-0.1, -0.05) is 0 Å². The number of rotatable bonds is 8. The first-order valence-electron chi connectivity index (χ1n) is 9.84. The maximum Gasteiger partial charge on any atom is 0.222 e. The fourth-order valence-electron chi connectivity index (χ4n) is 3.33. The number of aryl methyl sites for hydroxylation is 2. The number of halogens is 1. The summed E-state index contributed by atoms with van der Waals surface area (Å²) in [7, 11) is -3.02. The number of guanidine groups is 1. The molecule has 1 saturated heterocycles. The van der Waals surface area contributed by atoms with E-state index in [1.165, 1.54) is 0 Å². The van der Waals surface area contributed by atoms with Gasteiger partial charge in [-0.15, -0.1) is 24.0 Å². The summed E-state index contributed by atoms with van der Waals surface area (Å²) in [6.07, 6.45) is 0.658. The number of carbonyl (C=O) groups is 1. The fourth-order valence-corrected chi connectivity index (χ4v) is 5.00. The number of nitrogens with zero attached hydrogens (tertiary/aromatic N) is 1. The van der Waals surface area contributed by atoms with Crippen LogP contribution in [0.5, 0.6) is 0 Å². The van der Waals surface area contributed by atoms with Crippen LogP contribution in [0.4, 0.5) is 0 Å². The van der Waals surface area contributed by atoms with Gasteiger partial charge in [-0.25, -0.2) is 13.4 Å². The number of hydrogen-bond acceptors (Lipinski definition) is 6. The number of carbonyl (C=O) groups excluding carboxylic acids is 1. The second-order valence-electron chi connectivity index (χ2n) is 7.64. The third kappa shape index (κ3) is 8.06. The van der Waals surface area contributed by atoms with Gasteiger partial charge in [0.1, 0.15) is 17.1 Å². The normalized spacial score (nSPS) is 20.2. The molecule has 0 aliphatic carbocycles. The number of aliphatic imine (C=N–C) groups is 1. The zero-order valence-electron chi connectivity index (χ0n) is 17.9. The molecule has 2 unspecified atom stereocenters. The van der Waals surface area contributed by atoms with Crippen molar-refractivity contribution in [2.45, 2.75) is 52.2 Å². The lowest BCUT2D eigenvalue weighted by Gasteiger charge is -2.21. The van der Waals surface area contributed by atoms with Crippen LogP contribution in [-0.2, 0) is 20.2 Å². The highest BCUT2D eigenvalue weighted by Crippen LogP contribution is 2.27. The van der Waals surface area contributed by atoms with E-state index in [9.17, 15) is 18.3 Å². The lowest BCUT2D eigenvalue weighted by molar-refractivity contribution is -0.121. The van der Waals surface area contributed by atoms with Crippen LogP contribution in [0.2, 0.25) is 0 Å². The van der Waals surface area contributed by atoms with Gasteiger partial charge in [0.25, 0.3) is 0 Å². The molecular weight excluding hydrogens is 523 g/mol. The molecule has 1 aliphatic rings. The Labute approximate surface area is 195 Å². The van der Waals surface area contributed by atoms with Gasteiger partial charge in [0.05, 0.1) is 18.1 Å². The minimum atomic E-state index is -3.02. The molecule has 0 aromatic carbocycles. The van der Waals surface area contributed by atoms with Crippen LogP contribution >= 0.6 is 24.0 Å². The van der Waals surface area contributed by atoms with Crippen molar-refractivity contribution in [1.82, 2.24) is 16.0 Å². The molecule has 0 bridgehead atoms. The summed E-state index contributed by atoms with van der Waals surface area (Å²) in [6.45, 7) is 8.32. The maximum absolute atomic E-state index is 12.0. The summed E-state index contributed by atoms with van der Waals surface area (Å²) in [6, 6.07) is 1.50. The second kappa shape index (κ2) is 11.3. The maximum atomic E-state index is 12.0. The van der Waals surface area contributed by atoms with Gasteiger partial charge >= 0.3 is 0 Å². The zero-order chi connectivity index (χ0) is 21.7. The molecule has 4 N–H and O–H groups in total. The smallest absolute Gasteiger partial charge is 0.222 e. The van der Waals surface area contributed by atoms with E-state index in [1.807, 2.05) is 13.8 Å². The third-order valence-corrected chi connectivity index (χ3v) is 6.52. The van der Waals surface area contributed by atoms with Crippen molar-refractivity contribution < 1.29 is 22.7 Å². The summed E-state index contributed by atoms with van der Waals surface area (Å²) in [5.74, 6) is 1.81. The van der Waals surface area contributed by atoms with Crippen molar-refractivity contribution in [2.75, 3.05) is 31.1 Å². The monoisotopic (exact) mass is 556 g/mol. The lowest BCUT2D eigenvalue weighted by Crippen LogP contribution is -2.42. The molecular formula is C19H33IN4O5S. The standard InChI is InChI=1S/C19H32N4O5S.HI/c1-5-20-18(22-12-19(4,25)16-10-13(2)28-14(16)3)21-8-6-17(24)23-15-7-9-29(26,27)11-15;/h10,15,25H,5-9,11-12H2,1-4H3,(H,23,24)(H2,20,21,22);1H. The average Bonchev–Trinajstić information content (AvgIpc) is 3.13. The molecule has 9 nitrogen and oxygen atoms in total. The SMILES string of the molecule is CCNC(=NCC(C)(O)c1cc(C)oc1C)NCCC(=O)NC1CCS(=O)(=O)C1.I. The van der Waals surface area contributed by atoms with Crippen LogP contribution in [0, 0.1) is 13.8 Å². The minimum absolute atomic E-state index is 0. The first-order valence-corrected chi connectivity index (χ1v) is 11.7. The summed E-state index contributed by atoms with van der Waals surface area (Å²) in [4.78, 5) is 16.5. The Morgan fingerprint density at radius 2 is 2.07 bits per heavy atom. The predicted molar refractivity (Wildman–Crippen MR) is 127 cm³/mol. The highest BCUT2D eigenvalue weighted by Gasteiger charge is 2.29. The number of hydrogen-bond donors (Lipinski definition) is 4. The van der Waals surface area contributed by atoms with Gasteiger partial charge < -0.3 is 25.5 Å². The molecule has 1 amide bonds. The fraction of sp³-hybridized carbons (Fsp3) is 0.684. The Morgan fingerprint density at radius 1 is 1.37 bits per heavy atom. The molecule has 0 saturated carbocycles. The average molecular weight is 556 g/mol. The Bertz CT molecular complexity index is 851. The van der Waals surface area contributed by atoms with Gasteiger partial charge in [0, 0.05) is 31.1 Å². The van der Waals surface area contributed by atoms with Crippen molar-refractivity contribution >= 4 is 45.7 Å². The number of aliphatic hydroxyl groups is 1. The lowest BCUT2D eigenvalue weighted by atomic mass is 9.96. The Morgan fingerprint density at radius 3 is 2.60 bits per heavy atom. The molecule has 2 rings (SSSR count). The van der Waals surface area contributed by atoms with Gasteiger partial charge in [-0.2, -0.15) is 0 Å². The van der Waals surface area contributed by atoms with E-state index in [4.69, 9.17) is 4.42 Å². The molecule has 172 valence electrons. The molecule has 0 spiro atoms. The van der Waals surface area contributed by atoms with Crippen LogP contribution < -0.4 is 16.0 Å². The molecule has 0 radical (unpaired) electrons. The molecule has 30 heavy (non-hydrogen) atoms. The van der Waals surface area contributed by atoms with Crippen LogP contribution in [0.1, 0.15) is 43.8 Å². The zero-order valence-corrected chi connectivity index (χ0v) is 21.1. The van der Waals surface area contributed by atoms with Gasteiger partial charge in [-0.3, -0.25) is 4.79 Å². The van der Waals surface area contributed by atoms with Crippen LogP contribution in [0.3, 0.4) is 0 Å². The Kier molecular flexibility index (Phi) is 10.1. The summed E-state index contributed by atoms with van der Waals surface area (Å²) in [5.41, 5.74) is -0.490. The minimum Gasteiger partial charge on any atom is -0.466 e. The molecule has 1 aliphatic heterocycles. The van der Waals surface area contributed by atoms with Crippen LogP contribution in [0.25, 0.3) is 0 Å². The van der Waals surface area contributed by atoms with E-state index in [0.29, 0.717) is 36.8 Å². The quantitative estimate of drug-likeness (QED) is 0.213. The third-order valence-electron chi connectivity index (χ3n) is 4.75. The van der Waals surface area contributed by atoms with Crippen molar-refractivity contribution in [1.29, 1.82) is 0 Å². The molecule has 1 aromatic rings. The molecule has 2 atom stereocenters. The van der Waals surface area contributed by atoms with Crippen molar-refractivity contribution in [2.24, 2.45) is 4.99 Å². The Hall–Kier alpha value is -1.34. The van der Waals surface area contributed by atoms with E-state index in [0.717, 1.165) is 5.76 Å². The van der Waals surface area contributed by atoms with Crippen molar-refractivity contribution in [3.63, 3.8) is 0 Å². The van der Waals surface area contributed by atoms with Gasteiger partial charge in [0.2, 0.25) is 5.91 Å². The van der Waals surface area contributed by atoms with E-state index >= 15 is 0 Å². The number of nitrogens with one attached hydrogen (secondary N) is 3. The van der Waals surface area contributed by atoms with E-state index < -0.39 is 15.4 Å².